The molecule has 0 saturated carbocycles. The zero-order chi connectivity index (χ0) is 20.8. The van der Waals surface area contributed by atoms with Gasteiger partial charge in [-0.2, -0.15) is 0 Å². The van der Waals surface area contributed by atoms with E-state index >= 15 is 0 Å². The number of aromatic nitrogens is 3. The molecule has 0 bridgehead atoms. The molecule has 2 aromatic carbocycles. The third-order valence-electron chi connectivity index (χ3n) is 6.12. The lowest BCUT2D eigenvalue weighted by molar-refractivity contribution is -0.926. The summed E-state index contributed by atoms with van der Waals surface area (Å²) in [6.07, 6.45) is 0.885. The van der Waals surface area contributed by atoms with Gasteiger partial charge in [-0.15, -0.1) is 0 Å². The molecule has 0 spiro atoms. The van der Waals surface area contributed by atoms with Crippen LogP contribution in [-0.2, 0) is 6.42 Å². The number of likely N-dealkylation sites (N-methyl/N-ethyl adjacent to an activating group) is 1. The van der Waals surface area contributed by atoms with Gasteiger partial charge in [-0.3, -0.25) is 9.78 Å². The predicted octanol–water partition coefficient (Wildman–Crippen LogP) is 1.26. The van der Waals surface area contributed by atoms with E-state index in [9.17, 15) is 14.7 Å². The minimum atomic E-state index is -0.654. The molecule has 30 heavy (non-hydrogen) atoms. The van der Waals surface area contributed by atoms with Crippen LogP contribution < -0.4 is 16.1 Å². The molecule has 5 rings (SSSR count). The van der Waals surface area contributed by atoms with E-state index in [1.165, 1.54) is 10.1 Å². The second kappa shape index (κ2) is 7.03. The molecule has 1 unspecified atom stereocenters. The highest BCUT2D eigenvalue weighted by Gasteiger charge is 2.39. The number of nitrogens with zero attached hydrogens (tertiary/aromatic N) is 1. The molecule has 4 N–H and O–H groups in total. The van der Waals surface area contributed by atoms with Crippen molar-refractivity contribution in [3.8, 4) is 11.6 Å². The quantitative estimate of drug-likeness (QED) is 0.415. The smallest absolute Gasteiger partial charge is 0.335 e. The van der Waals surface area contributed by atoms with Crippen LogP contribution in [0, 0.1) is 0 Å². The number of hydrogen-bond acceptors (Lipinski definition) is 3. The zero-order valence-corrected chi connectivity index (χ0v) is 16.6. The second-order valence-electron chi connectivity index (χ2n) is 7.68. The number of nitrogens with one attached hydrogen (secondary N) is 3. The fourth-order valence-corrected chi connectivity index (χ4v) is 4.72. The van der Waals surface area contributed by atoms with E-state index in [2.05, 4.69) is 23.0 Å². The van der Waals surface area contributed by atoms with Gasteiger partial charge in [0.2, 0.25) is 5.88 Å². The normalized spacial score (nSPS) is 18.4. The lowest BCUT2D eigenvalue weighted by atomic mass is 9.93. The zero-order valence-electron chi connectivity index (χ0n) is 16.6. The summed E-state index contributed by atoms with van der Waals surface area (Å²) in [4.78, 5) is 32.6. The Labute approximate surface area is 172 Å². The molecular weight excluding hydrogens is 380 g/mol. The molecule has 3 heterocycles. The van der Waals surface area contributed by atoms with Crippen molar-refractivity contribution in [1.82, 2.24) is 14.5 Å². The van der Waals surface area contributed by atoms with Crippen molar-refractivity contribution in [2.24, 2.45) is 0 Å². The van der Waals surface area contributed by atoms with Gasteiger partial charge in [-0.1, -0.05) is 36.4 Å². The standard InChI is InChI=1S/C23H22N4O3/c1-2-26-13-12-16-15-10-6-7-11-17(15)24-19(16)20(26)18-21(28)25-23(30)27(22(18)29)14-8-4-3-5-9-14/h3-11,20,24,29H,2,12-13H2,1H3,(H,25,28,30)/p+1/t20-/m1/s1. The first kappa shape index (κ1) is 18.4. The Balaban J connectivity index is 1.80. The Morgan fingerprint density at radius 2 is 1.80 bits per heavy atom. The van der Waals surface area contributed by atoms with Gasteiger partial charge in [-0.05, 0) is 30.7 Å². The second-order valence-corrected chi connectivity index (χ2v) is 7.68. The molecule has 1 aliphatic heterocycles. The average molecular weight is 403 g/mol. The van der Waals surface area contributed by atoms with Crippen molar-refractivity contribution in [3.05, 3.63) is 92.3 Å². The average Bonchev–Trinajstić information content (AvgIpc) is 3.13. The number of H-pyrrole nitrogens is 2. The summed E-state index contributed by atoms with van der Waals surface area (Å²) in [6, 6.07) is 16.5. The number of hydrogen-bond donors (Lipinski definition) is 4. The number of fused-ring (bicyclic) bond motifs is 3. The fourth-order valence-electron chi connectivity index (χ4n) is 4.72. The molecule has 0 saturated heterocycles. The van der Waals surface area contributed by atoms with Crippen LogP contribution in [-0.4, -0.2) is 32.7 Å². The molecule has 0 radical (unpaired) electrons. The number of benzene rings is 2. The van der Waals surface area contributed by atoms with Crippen molar-refractivity contribution in [2.75, 3.05) is 13.1 Å². The van der Waals surface area contributed by atoms with Crippen LogP contribution in [0.5, 0.6) is 5.88 Å². The number of aromatic amines is 2. The molecule has 2 atom stereocenters. The molecular formula is C23H23N4O3+. The van der Waals surface area contributed by atoms with Crippen LogP contribution in [0.2, 0.25) is 0 Å². The summed E-state index contributed by atoms with van der Waals surface area (Å²) in [5, 5.41) is 12.3. The summed E-state index contributed by atoms with van der Waals surface area (Å²) in [5.74, 6) is -0.308. The first-order valence-corrected chi connectivity index (χ1v) is 10.2. The molecule has 0 amide bonds. The minimum Gasteiger partial charge on any atom is -0.494 e. The van der Waals surface area contributed by atoms with E-state index in [-0.39, 0.29) is 11.4 Å². The van der Waals surface area contributed by atoms with Crippen molar-refractivity contribution >= 4 is 10.9 Å². The van der Waals surface area contributed by atoms with Gasteiger partial charge in [0.15, 0.2) is 6.04 Å². The summed E-state index contributed by atoms with van der Waals surface area (Å²) >= 11 is 0. The lowest BCUT2D eigenvalue weighted by Gasteiger charge is -2.32. The fraction of sp³-hybridized carbons (Fsp3) is 0.217. The van der Waals surface area contributed by atoms with Crippen molar-refractivity contribution in [2.45, 2.75) is 19.4 Å². The largest absolute Gasteiger partial charge is 0.494 e. The molecule has 1 aliphatic rings. The number of para-hydroxylation sites is 2. The third kappa shape index (κ3) is 2.70. The molecule has 7 heteroatoms. The Bertz CT molecular complexity index is 1350. The third-order valence-corrected chi connectivity index (χ3v) is 6.12. The SMILES string of the molecule is CC[NH+]1CCc2c([nH]c3ccccc23)[C@H]1c1c(O)n(-c2ccccc2)c(=O)[nH]c1=O. The van der Waals surface area contributed by atoms with E-state index in [1.54, 1.807) is 24.3 Å². The topological polar surface area (TPSA) is 95.3 Å². The molecule has 0 fully saturated rings. The maximum Gasteiger partial charge on any atom is 0.335 e. The highest BCUT2D eigenvalue weighted by Crippen LogP contribution is 2.33. The highest BCUT2D eigenvalue weighted by atomic mass is 16.3. The first-order chi connectivity index (χ1) is 14.6. The highest BCUT2D eigenvalue weighted by molar-refractivity contribution is 5.85. The number of rotatable bonds is 3. The van der Waals surface area contributed by atoms with Crippen molar-refractivity contribution in [1.29, 1.82) is 0 Å². The van der Waals surface area contributed by atoms with Crippen molar-refractivity contribution in [3.63, 3.8) is 0 Å². The van der Waals surface area contributed by atoms with E-state index in [1.807, 2.05) is 24.3 Å². The summed E-state index contributed by atoms with van der Waals surface area (Å²) in [6.45, 7) is 3.68. The molecule has 4 aromatic rings. The molecule has 0 aliphatic carbocycles. The van der Waals surface area contributed by atoms with E-state index in [0.717, 1.165) is 41.0 Å². The van der Waals surface area contributed by atoms with Crippen LogP contribution in [0.3, 0.4) is 0 Å². The lowest BCUT2D eigenvalue weighted by Crippen LogP contribution is -3.13. The van der Waals surface area contributed by atoms with Gasteiger partial charge in [-0.25, -0.2) is 9.36 Å². The van der Waals surface area contributed by atoms with Gasteiger partial charge in [0.05, 0.1) is 24.5 Å². The Morgan fingerprint density at radius 3 is 2.57 bits per heavy atom. The van der Waals surface area contributed by atoms with E-state index < -0.39 is 17.3 Å². The molecule has 152 valence electrons. The monoisotopic (exact) mass is 403 g/mol. The van der Waals surface area contributed by atoms with E-state index in [4.69, 9.17) is 0 Å². The summed E-state index contributed by atoms with van der Waals surface area (Å²) in [5.41, 5.74) is 2.62. The first-order valence-electron chi connectivity index (χ1n) is 10.2. The van der Waals surface area contributed by atoms with Gasteiger partial charge >= 0.3 is 5.69 Å². The van der Waals surface area contributed by atoms with Gasteiger partial charge < -0.3 is 15.0 Å². The van der Waals surface area contributed by atoms with Gasteiger partial charge in [0.1, 0.15) is 5.56 Å². The number of aromatic hydroxyl groups is 1. The Kier molecular flexibility index (Phi) is 4.33. The van der Waals surface area contributed by atoms with Crippen LogP contribution >= 0.6 is 0 Å². The van der Waals surface area contributed by atoms with Crippen LogP contribution in [0.25, 0.3) is 16.6 Å². The van der Waals surface area contributed by atoms with E-state index in [0.29, 0.717) is 5.69 Å². The number of quaternary nitrogens is 1. The molecule has 2 aromatic heterocycles. The van der Waals surface area contributed by atoms with Crippen LogP contribution in [0.4, 0.5) is 0 Å². The minimum absolute atomic E-state index is 0.211. The van der Waals surface area contributed by atoms with Crippen LogP contribution in [0.15, 0.2) is 64.2 Å². The van der Waals surface area contributed by atoms with Gasteiger partial charge in [0.25, 0.3) is 5.56 Å². The maximum atomic E-state index is 13.0. The summed E-state index contributed by atoms with van der Waals surface area (Å²) < 4.78 is 1.17. The molecule has 7 nitrogen and oxygen atoms in total. The van der Waals surface area contributed by atoms with Gasteiger partial charge in [0, 0.05) is 17.3 Å². The maximum absolute atomic E-state index is 13.0. The Morgan fingerprint density at radius 1 is 1.07 bits per heavy atom. The summed E-state index contributed by atoms with van der Waals surface area (Å²) in [7, 11) is 0. The van der Waals surface area contributed by atoms with Crippen LogP contribution in [0.1, 0.15) is 29.8 Å². The van der Waals surface area contributed by atoms with Crippen molar-refractivity contribution < 1.29 is 10.0 Å². The Hall–Kier alpha value is -3.58. The predicted molar refractivity (Wildman–Crippen MR) is 115 cm³/mol.